The summed E-state index contributed by atoms with van der Waals surface area (Å²) in [6.45, 7) is 4.65. The number of nitrogens with zero attached hydrogens (tertiary/aromatic N) is 2. The van der Waals surface area contributed by atoms with Gasteiger partial charge in [0.25, 0.3) is 0 Å². The van der Waals surface area contributed by atoms with Crippen LogP contribution in [0.5, 0.6) is 5.75 Å². The minimum atomic E-state index is -3.47. The molecule has 1 aromatic carbocycles. The van der Waals surface area contributed by atoms with Crippen molar-refractivity contribution in [2.45, 2.75) is 32.7 Å². The fraction of sp³-hybridized carbons (Fsp3) is 0.429. The first-order valence-corrected chi connectivity index (χ1v) is 11.7. The Morgan fingerprint density at radius 1 is 1.19 bits per heavy atom. The van der Waals surface area contributed by atoms with Crippen LogP contribution in [-0.4, -0.2) is 61.3 Å². The highest BCUT2D eigenvalue weighted by molar-refractivity contribution is 7.89. The van der Waals surface area contributed by atoms with E-state index in [1.165, 1.54) is 4.31 Å². The van der Waals surface area contributed by atoms with Crippen LogP contribution >= 0.6 is 0 Å². The zero-order valence-electron chi connectivity index (χ0n) is 17.7. The molecule has 1 saturated heterocycles. The van der Waals surface area contributed by atoms with E-state index in [4.69, 9.17) is 9.47 Å². The lowest BCUT2D eigenvalue weighted by Crippen LogP contribution is -2.49. The quantitative estimate of drug-likeness (QED) is 0.641. The lowest BCUT2D eigenvalue weighted by molar-refractivity contribution is -0.0440. The highest BCUT2D eigenvalue weighted by atomic mass is 32.2. The first-order valence-electron chi connectivity index (χ1n) is 10.1. The predicted molar refractivity (Wildman–Crippen MR) is 117 cm³/mol. The molecule has 0 saturated carbocycles. The molecule has 31 heavy (non-hydrogen) atoms. The van der Waals surface area contributed by atoms with Crippen LogP contribution in [0.1, 0.15) is 19.5 Å². The maximum absolute atomic E-state index is 12.5. The molecule has 2 aromatic rings. The Kier molecular flexibility index (Phi) is 7.83. The van der Waals surface area contributed by atoms with Gasteiger partial charge >= 0.3 is 6.03 Å². The van der Waals surface area contributed by atoms with Gasteiger partial charge < -0.3 is 20.1 Å². The number of hydrogen-bond acceptors (Lipinski definition) is 6. The molecule has 1 fully saturated rings. The van der Waals surface area contributed by atoms with E-state index in [0.29, 0.717) is 31.1 Å². The van der Waals surface area contributed by atoms with Gasteiger partial charge in [-0.2, -0.15) is 4.31 Å². The minimum Gasteiger partial charge on any atom is -0.487 e. The molecular formula is C21H28N4O5S. The van der Waals surface area contributed by atoms with Gasteiger partial charge in [-0.05, 0) is 38.1 Å². The molecule has 1 aliphatic heterocycles. The van der Waals surface area contributed by atoms with E-state index in [9.17, 15) is 13.2 Å². The van der Waals surface area contributed by atoms with Gasteiger partial charge in [0.05, 0.1) is 23.7 Å². The lowest BCUT2D eigenvalue weighted by atomic mass is 10.3. The minimum absolute atomic E-state index is 0.00412. The molecule has 10 heteroatoms. The maximum Gasteiger partial charge on any atom is 0.319 e. The van der Waals surface area contributed by atoms with Gasteiger partial charge in [0.1, 0.15) is 12.4 Å². The first kappa shape index (κ1) is 23.0. The number of carbonyl (C=O) groups excluding carboxylic acids is 1. The third-order valence-corrected chi connectivity index (χ3v) is 6.43. The molecule has 1 aromatic heterocycles. The molecule has 9 nitrogen and oxygen atoms in total. The topological polar surface area (TPSA) is 110 Å². The molecule has 3 rings (SSSR count). The van der Waals surface area contributed by atoms with E-state index >= 15 is 0 Å². The Hall–Kier alpha value is -2.69. The van der Waals surface area contributed by atoms with Crippen molar-refractivity contribution in [1.29, 1.82) is 0 Å². The summed E-state index contributed by atoms with van der Waals surface area (Å²) in [5.41, 5.74) is 1.33. The van der Waals surface area contributed by atoms with E-state index in [2.05, 4.69) is 15.6 Å². The molecule has 168 valence electrons. The number of anilines is 1. The monoisotopic (exact) mass is 448 g/mol. The van der Waals surface area contributed by atoms with Gasteiger partial charge in [-0.15, -0.1) is 0 Å². The third-order valence-electron chi connectivity index (χ3n) is 4.63. The number of pyridine rings is 1. The predicted octanol–water partition coefficient (Wildman–Crippen LogP) is 2.22. The Labute approximate surface area is 182 Å². The molecule has 0 bridgehead atoms. The Balaban J connectivity index is 1.45. The largest absolute Gasteiger partial charge is 0.487 e. The number of sulfonamides is 1. The van der Waals surface area contributed by atoms with Crippen molar-refractivity contribution >= 4 is 21.7 Å². The second-order valence-corrected chi connectivity index (χ2v) is 9.50. The Bertz CT molecular complexity index is 961. The number of nitrogens with one attached hydrogen (secondary N) is 2. The van der Waals surface area contributed by atoms with Crippen LogP contribution in [0.15, 0.2) is 48.7 Å². The van der Waals surface area contributed by atoms with E-state index in [0.717, 1.165) is 5.69 Å². The molecule has 2 atom stereocenters. The average Bonchev–Trinajstić information content (AvgIpc) is 2.72. The number of amides is 2. The fourth-order valence-corrected chi connectivity index (χ4v) is 4.75. The second kappa shape index (κ2) is 10.6. The number of urea groups is 1. The molecule has 0 aliphatic carbocycles. The first-order chi connectivity index (χ1) is 14.8. The van der Waals surface area contributed by atoms with Gasteiger partial charge in [-0.1, -0.05) is 12.1 Å². The van der Waals surface area contributed by atoms with Crippen LogP contribution in [0.25, 0.3) is 0 Å². The van der Waals surface area contributed by atoms with Gasteiger partial charge in [0, 0.05) is 37.6 Å². The van der Waals surface area contributed by atoms with E-state index < -0.39 is 16.1 Å². The molecule has 1 aliphatic rings. The van der Waals surface area contributed by atoms with Crippen LogP contribution in [0, 0.1) is 0 Å². The van der Waals surface area contributed by atoms with Crippen molar-refractivity contribution in [2.24, 2.45) is 0 Å². The van der Waals surface area contributed by atoms with Crippen LogP contribution < -0.4 is 15.4 Å². The summed E-state index contributed by atoms with van der Waals surface area (Å²) in [6, 6.07) is 12.0. The van der Waals surface area contributed by atoms with Gasteiger partial charge in [-0.3, -0.25) is 4.98 Å². The lowest BCUT2D eigenvalue weighted by Gasteiger charge is -2.34. The molecule has 2 amide bonds. The van der Waals surface area contributed by atoms with E-state index in [-0.39, 0.29) is 24.5 Å². The van der Waals surface area contributed by atoms with Crippen molar-refractivity contribution in [2.75, 3.05) is 30.7 Å². The zero-order valence-corrected chi connectivity index (χ0v) is 18.5. The van der Waals surface area contributed by atoms with Crippen molar-refractivity contribution in [1.82, 2.24) is 14.6 Å². The van der Waals surface area contributed by atoms with Crippen LogP contribution in [0.2, 0.25) is 0 Å². The molecule has 2 unspecified atom stereocenters. The number of benzene rings is 1. The number of aromatic nitrogens is 1. The number of morpholine rings is 1. The molecule has 2 heterocycles. The van der Waals surface area contributed by atoms with Crippen LogP contribution in [-0.2, 0) is 21.4 Å². The van der Waals surface area contributed by atoms with Crippen molar-refractivity contribution in [3.8, 4) is 5.75 Å². The number of hydrogen-bond donors (Lipinski definition) is 2. The second-order valence-electron chi connectivity index (χ2n) is 7.41. The molecule has 0 spiro atoms. The van der Waals surface area contributed by atoms with Gasteiger partial charge in [-0.25, -0.2) is 13.2 Å². The van der Waals surface area contributed by atoms with Crippen molar-refractivity contribution < 1.29 is 22.7 Å². The van der Waals surface area contributed by atoms with E-state index in [1.807, 2.05) is 32.0 Å². The number of ether oxygens (including phenoxy) is 2. The van der Waals surface area contributed by atoms with Gasteiger partial charge in [0.15, 0.2) is 0 Å². The average molecular weight is 449 g/mol. The fourth-order valence-electron chi connectivity index (χ4n) is 3.26. The summed E-state index contributed by atoms with van der Waals surface area (Å²) in [5, 5.41) is 5.27. The smallest absolute Gasteiger partial charge is 0.319 e. The highest BCUT2D eigenvalue weighted by Gasteiger charge is 2.30. The summed E-state index contributed by atoms with van der Waals surface area (Å²) in [5.74, 6) is 0.411. The summed E-state index contributed by atoms with van der Waals surface area (Å²) >= 11 is 0. The summed E-state index contributed by atoms with van der Waals surface area (Å²) in [4.78, 5) is 16.4. The SMILES string of the molecule is CC1CN(S(=O)(=O)CCNC(=O)Nc2cccc(OCc3ccccn3)c2)CC(C)O1. The van der Waals surface area contributed by atoms with Gasteiger partial charge in [0.2, 0.25) is 10.0 Å². The highest BCUT2D eigenvalue weighted by Crippen LogP contribution is 2.18. The summed E-state index contributed by atoms with van der Waals surface area (Å²) in [6.07, 6.45) is 1.39. The number of rotatable bonds is 8. The third kappa shape index (κ3) is 7.20. The van der Waals surface area contributed by atoms with Crippen molar-refractivity contribution in [3.63, 3.8) is 0 Å². The zero-order chi connectivity index (χ0) is 22.3. The summed E-state index contributed by atoms with van der Waals surface area (Å²) < 4.78 is 37.7. The maximum atomic E-state index is 12.5. The molecular weight excluding hydrogens is 420 g/mol. The van der Waals surface area contributed by atoms with E-state index in [1.54, 1.807) is 30.5 Å². The Morgan fingerprint density at radius 3 is 2.68 bits per heavy atom. The normalized spacial score (nSPS) is 19.5. The van der Waals surface area contributed by atoms with Crippen LogP contribution in [0.4, 0.5) is 10.5 Å². The standard InChI is InChI=1S/C21H28N4O5S/c1-16-13-25(14-17(2)30-16)31(27,28)11-10-23-21(26)24-18-7-5-8-20(12-18)29-15-19-6-3-4-9-22-19/h3-9,12,16-17H,10-11,13-15H2,1-2H3,(H2,23,24,26). The Morgan fingerprint density at radius 2 is 1.97 bits per heavy atom. The molecule has 2 N–H and O–H groups in total. The van der Waals surface area contributed by atoms with Crippen LogP contribution in [0.3, 0.4) is 0 Å². The molecule has 0 radical (unpaired) electrons. The summed E-state index contributed by atoms with van der Waals surface area (Å²) in [7, 11) is -3.47. The number of carbonyl (C=O) groups is 1. The van der Waals surface area contributed by atoms with Crippen molar-refractivity contribution in [3.05, 3.63) is 54.4 Å².